The van der Waals surface area contributed by atoms with Gasteiger partial charge in [0.1, 0.15) is 0 Å². The Hall–Kier alpha value is -2.33. The number of rotatable bonds is 8. The van der Waals surface area contributed by atoms with E-state index in [0.717, 1.165) is 21.6 Å². The predicted molar refractivity (Wildman–Crippen MR) is 96.5 cm³/mol. The quantitative estimate of drug-likeness (QED) is 0.591. The minimum absolute atomic E-state index is 0.502. The average Bonchev–Trinajstić information content (AvgIpc) is 3.29. The lowest BCUT2D eigenvalue weighted by molar-refractivity contribution is 0.355. The minimum Gasteiger partial charge on any atom is -0.493 e. The number of methoxy groups -OCH3 is 2. The van der Waals surface area contributed by atoms with Crippen LogP contribution in [0.5, 0.6) is 11.5 Å². The van der Waals surface area contributed by atoms with E-state index < -0.39 is 0 Å². The van der Waals surface area contributed by atoms with Crippen LogP contribution < -0.4 is 14.8 Å². The fraction of sp³-hybridized carbons (Fsp3) is 0.333. The molecule has 0 unspecified atom stereocenters. The van der Waals surface area contributed by atoms with Crippen LogP contribution >= 0.6 is 23.1 Å². The van der Waals surface area contributed by atoms with Gasteiger partial charge in [-0.3, -0.25) is 0 Å². The van der Waals surface area contributed by atoms with Gasteiger partial charge in [-0.25, -0.2) is 0 Å². The van der Waals surface area contributed by atoms with Gasteiger partial charge in [-0.15, -0.1) is 10.2 Å². The lowest BCUT2D eigenvalue weighted by Gasteiger charge is -2.07. The molecule has 0 fully saturated rings. The van der Waals surface area contributed by atoms with Crippen molar-refractivity contribution in [2.75, 3.05) is 26.1 Å². The van der Waals surface area contributed by atoms with Crippen molar-refractivity contribution >= 4 is 28.2 Å². The first-order valence-electron chi connectivity index (χ1n) is 7.48. The van der Waals surface area contributed by atoms with Crippen LogP contribution in [0.3, 0.4) is 0 Å². The third-order valence-corrected chi connectivity index (χ3v) is 5.16. The van der Waals surface area contributed by atoms with Crippen molar-refractivity contribution in [2.45, 2.75) is 17.0 Å². The van der Waals surface area contributed by atoms with Crippen LogP contribution in [-0.2, 0) is 5.75 Å². The molecule has 3 rings (SSSR count). The molecule has 8 nitrogen and oxygen atoms in total. The second-order valence-corrected chi connectivity index (χ2v) is 6.97. The van der Waals surface area contributed by atoms with Gasteiger partial charge in [-0.1, -0.05) is 28.3 Å². The SMILES string of the molecule is CCNc1nnc(SCc2nc(-c3ccc(OC)c(OC)c3)no2)s1. The van der Waals surface area contributed by atoms with Gasteiger partial charge in [0.15, 0.2) is 15.8 Å². The number of hydrogen-bond donors (Lipinski definition) is 1. The van der Waals surface area contributed by atoms with E-state index >= 15 is 0 Å². The Kier molecular flexibility index (Phi) is 5.71. The Morgan fingerprint density at radius 2 is 2.04 bits per heavy atom. The van der Waals surface area contributed by atoms with E-state index in [9.17, 15) is 0 Å². The average molecular weight is 379 g/mol. The molecular formula is C15H17N5O3S2. The van der Waals surface area contributed by atoms with Gasteiger partial charge in [-0.2, -0.15) is 4.98 Å². The zero-order valence-electron chi connectivity index (χ0n) is 14.0. The summed E-state index contributed by atoms with van der Waals surface area (Å²) >= 11 is 3.00. The molecular weight excluding hydrogens is 362 g/mol. The van der Waals surface area contributed by atoms with Gasteiger partial charge in [0.2, 0.25) is 16.8 Å². The Labute approximate surface area is 153 Å². The number of aromatic nitrogens is 4. The molecule has 0 aliphatic carbocycles. The Balaban J connectivity index is 1.67. The molecule has 0 amide bonds. The molecule has 132 valence electrons. The van der Waals surface area contributed by atoms with Crippen molar-refractivity contribution in [1.82, 2.24) is 20.3 Å². The van der Waals surface area contributed by atoms with Gasteiger partial charge >= 0.3 is 0 Å². The maximum absolute atomic E-state index is 5.31. The lowest BCUT2D eigenvalue weighted by atomic mass is 10.2. The van der Waals surface area contributed by atoms with E-state index in [1.165, 1.54) is 23.1 Å². The van der Waals surface area contributed by atoms with Crippen molar-refractivity contribution in [3.05, 3.63) is 24.1 Å². The second kappa shape index (κ2) is 8.17. The zero-order valence-corrected chi connectivity index (χ0v) is 15.6. The van der Waals surface area contributed by atoms with Gasteiger partial charge in [0.05, 0.1) is 20.0 Å². The Morgan fingerprint density at radius 1 is 1.20 bits per heavy atom. The topological polar surface area (TPSA) is 95.2 Å². The molecule has 0 saturated heterocycles. The van der Waals surface area contributed by atoms with Crippen LogP contribution in [0.1, 0.15) is 12.8 Å². The molecule has 25 heavy (non-hydrogen) atoms. The summed E-state index contributed by atoms with van der Waals surface area (Å²) in [5, 5.41) is 16.1. The Morgan fingerprint density at radius 3 is 2.80 bits per heavy atom. The molecule has 0 atom stereocenters. The van der Waals surface area contributed by atoms with E-state index in [4.69, 9.17) is 14.0 Å². The highest BCUT2D eigenvalue weighted by atomic mass is 32.2. The second-order valence-electron chi connectivity index (χ2n) is 4.77. The summed E-state index contributed by atoms with van der Waals surface area (Å²) < 4.78 is 16.7. The highest BCUT2D eigenvalue weighted by Gasteiger charge is 2.13. The van der Waals surface area contributed by atoms with E-state index in [1.54, 1.807) is 14.2 Å². The molecule has 1 N–H and O–H groups in total. The molecule has 0 aliphatic heterocycles. The van der Waals surface area contributed by atoms with E-state index in [-0.39, 0.29) is 0 Å². The number of ether oxygens (including phenoxy) is 2. The Bertz CT molecular complexity index is 836. The summed E-state index contributed by atoms with van der Waals surface area (Å²) in [6.07, 6.45) is 0. The fourth-order valence-electron chi connectivity index (χ4n) is 2.02. The number of hydrogen-bond acceptors (Lipinski definition) is 10. The highest BCUT2D eigenvalue weighted by molar-refractivity contribution is 8.00. The van der Waals surface area contributed by atoms with E-state index in [1.807, 2.05) is 25.1 Å². The number of thioether (sulfide) groups is 1. The maximum atomic E-state index is 5.31. The summed E-state index contributed by atoms with van der Waals surface area (Å²) in [4.78, 5) is 4.42. The molecule has 10 heteroatoms. The summed E-state index contributed by atoms with van der Waals surface area (Å²) in [6, 6.07) is 5.48. The molecule has 0 bridgehead atoms. The van der Waals surface area contributed by atoms with Gasteiger partial charge in [0, 0.05) is 12.1 Å². The molecule has 0 saturated carbocycles. The predicted octanol–water partition coefficient (Wildman–Crippen LogP) is 3.33. The van der Waals surface area contributed by atoms with Crippen LogP contribution in [0.15, 0.2) is 27.1 Å². The third kappa shape index (κ3) is 4.20. The van der Waals surface area contributed by atoms with E-state index in [2.05, 4.69) is 25.7 Å². The molecule has 1 aromatic carbocycles. The fourth-order valence-corrected chi connectivity index (χ4v) is 3.68. The molecule has 2 heterocycles. The van der Waals surface area contributed by atoms with Crippen molar-refractivity contribution < 1.29 is 14.0 Å². The zero-order chi connectivity index (χ0) is 17.6. The first kappa shape index (κ1) is 17.5. The lowest BCUT2D eigenvalue weighted by Crippen LogP contribution is -1.94. The first-order valence-corrected chi connectivity index (χ1v) is 9.28. The van der Waals surface area contributed by atoms with Gasteiger partial charge < -0.3 is 19.3 Å². The molecule has 2 aromatic heterocycles. The summed E-state index contributed by atoms with van der Waals surface area (Å²) in [7, 11) is 3.18. The largest absolute Gasteiger partial charge is 0.493 e. The van der Waals surface area contributed by atoms with E-state index in [0.29, 0.717) is 29.0 Å². The van der Waals surface area contributed by atoms with Crippen molar-refractivity contribution in [3.63, 3.8) is 0 Å². The number of benzene rings is 1. The number of nitrogens with one attached hydrogen (secondary N) is 1. The van der Waals surface area contributed by atoms with Crippen molar-refractivity contribution in [1.29, 1.82) is 0 Å². The van der Waals surface area contributed by atoms with Crippen LogP contribution in [0.4, 0.5) is 5.13 Å². The van der Waals surface area contributed by atoms with Gasteiger partial charge in [0.25, 0.3) is 0 Å². The standard InChI is InChI=1S/C15H17N5O3S2/c1-4-16-14-18-19-15(25-14)24-8-12-17-13(20-23-12)9-5-6-10(21-2)11(7-9)22-3/h5-7H,4,8H2,1-3H3,(H,16,18). The molecule has 0 radical (unpaired) electrons. The minimum atomic E-state index is 0.502. The normalized spacial score (nSPS) is 10.7. The van der Waals surface area contributed by atoms with Gasteiger partial charge in [-0.05, 0) is 25.1 Å². The van der Waals surface area contributed by atoms with Crippen LogP contribution in [0.2, 0.25) is 0 Å². The first-order chi connectivity index (χ1) is 12.2. The maximum Gasteiger partial charge on any atom is 0.237 e. The highest BCUT2D eigenvalue weighted by Crippen LogP contribution is 2.32. The number of anilines is 1. The smallest absolute Gasteiger partial charge is 0.237 e. The third-order valence-electron chi connectivity index (χ3n) is 3.16. The molecule has 3 aromatic rings. The summed E-state index contributed by atoms with van der Waals surface area (Å²) in [5.74, 6) is 2.82. The molecule has 0 aliphatic rings. The summed E-state index contributed by atoms with van der Waals surface area (Å²) in [5.41, 5.74) is 0.794. The van der Waals surface area contributed by atoms with Crippen molar-refractivity contribution in [3.8, 4) is 22.9 Å². The van der Waals surface area contributed by atoms with Crippen LogP contribution in [0.25, 0.3) is 11.4 Å². The summed E-state index contributed by atoms with van der Waals surface area (Å²) in [6.45, 7) is 2.83. The van der Waals surface area contributed by atoms with Crippen molar-refractivity contribution in [2.24, 2.45) is 0 Å². The monoisotopic (exact) mass is 379 g/mol. The molecule has 0 spiro atoms. The van der Waals surface area contributed by atoms with Crippen LogP contribution in [-0.4, -0.2) is 41.1 Å². The number of nitrogens with zero attached hydrogens (tertiary/aromatic N) is 4. The van der Waals surface area contributed by atoms with Crippen LogP contribution in [0, 0.1) is 0 Å².